The second kappa shape index (κ2) is 7.84. The lowest BCUT2D eigenvalue weighted by atomic mass is 10.2. The summed E-state index contributed by atoms with van der Waals surface area (Å²) in [7, 11) is 1.56. The van der Waals surface area contributed by atoms with E-state index in [0.29, 0.717) is 27.5 Å². The molecule has 0 aliphatic heterocycles. The number of nitrogens with one attached hydrogen (secondary N) is 2. The molecular weight excluding hydrogens is 354 g/mol. The molecule has 0 aliphatic rings. The number of anilines is 1. The van der Waals surface area contributed by atoms with Gasteiger partial charge in [-0.3, -0.25) is 14.6 Å². The van der Waals surface area contributed by atoms with E-state index in [1.54, 1.807) is 55.7 Å². The summed E-state index contributed by atoms with van der Waals surface area (Å²) in [4.78, 5) is 27.9. The number of carbonyl (C=O) groups excluding carboxylic acids is 2. The van der Waals surface area contributed by atoms with Gasteiger partial charge in [0.25, 0.3) is 11.8 Å². The molecule has 6 nitrogen and oxygen atoms in total. The fourth-order valence-corrected chi connectivity index (χ4v) is 2.63. The Bertz CT molecular complexity index is 958. The minimum atomic E-state index is -0.322. The third-order valence-electron chi connectivity index (χ3n) is 3.70. The largest absolute Gasteiger partial charge is 0.481 e. The predicted molar refractivity (Wildman–Crippen MR) is 101 cm³/mol. The highest BCUT2D eigenvalue weighted by molar-refractivity contribution is 6.35. The summed E-state index contributed by atoms with van der Waals surface area (Å²) in [5, 5.41) is 6.58. The van der Waals surface area contributed by atoms with Crippen LogP contribution < -0.4 is 15.4 Å². The molecular formula is C19H16ClN3O3. The molecule has 0 bridgehead atoms. The van der Waals surface area contributed by atoms with Crippen LogP contribution in [0.5, 0.6) is 5.75 Å². The van der Waals surface area contributed by atoms with Gasteiger partial charge in [-0.05, 0) is 48.5 Å². The minimum absolute atomic E-state index is 0.176. The average Bonchev–Trinajstić information content (AvgIpc) is 2.67. The van der Waals surface area contributed by atoms with E-state index in [0.717, 1.165) is 5.39 Å². The van der Waals surface area contributed by atoms with Crippen LogP contribution in [0.1, 0.15) is 10.4 Å². The van der Waals surface area contributed by atoms with E-state index in [9.17, 15) is 9.59 Å². The summed E-state index contributed by atoms with van der Waals surface area (Å²) in [6.45, 7) is -0.176. The molecule has 132 valence electrons. The van der Waals surface area contributed by atoms with Crippen LogP contribution in [0.15, 0.2) is 54.7 Å². The molecule has 0 saturated carbocycles. The maximum absolute atomic E-state index is 12.1. The van der Waals surface area contributed by atoms with Gasteiger partial charge in [-0.25, -0.2) is 0 Å². The van der Waals surface area contributed by atoms with Crippen LogP contribution in [-0.2, 0) is 4.79 Å². The van der Waals surface area contributed by atoms with Crippen molar-refractivity contribution >= 4 is 40.0 Å². The van der Waals surface area contributed by atoms with Gasteiger partial charge in [-0.1, -0.05) is 11.6 Å². The number of aromatic nitrogens is 1. The van der Waals surface area contributed by atoms with Gasteiger partial charge < -0.3 is 15.4 Å². The molecule has 0 spiro atoms. The molecule has 0 saturated heterocycles. The SMILES string of the molecule is CNC(=O)c1ccc(NC(=O)COc2ccc(Cl)c3cccnc23)cc1. The highest BCUT2D eigenvalue weighted by Crippen LogP contribution is 2.29. The quantitative estimate of drug-likeness (QED) is 0.723. The molecule has 0 fully saturated rings. The summed E-state index contributed by atoms with van der Waals surface area (Å²) in [6, 6.07) is 13.6. The van der Waals surface area contributed by atoms with Gasteiger partial charge in [0.15, 0.2) is 6.61 Å². The summed E-state index contributed by atoms with van der Waals surface area (Å²) in [5.74, 6) is -0.0276. The smallest absolute Gasteiger partial charge is 0.262 e. The van der Waals surface area contributed by atoms with Gasteiger partial charge in [0.2, 0.25) is 0 Å². The lowest BCUT2D eigenvalue weighted by molar-refractivity contribution is -0.118. The highest BCUT2D eigenvalue weighted by atomic mass is 35.5. The van der Waals surface area contributed by atoms with Gasteiger partial charge in [0.05, 0.1) is 5.02 Å². The lowest BCUT2D eigenvalue weighted by Gasteiger charge is -2.10. The Hall–Kier alpha value is -3.12. The van der Waals surface area contributed by atoms with Crippen molar-refractivity contribution in [2.24, 2.45) is 0 Å². The van der Waals surface area contributed by atoms with E-state index in [1.807, 2.05) is 6.07 Å². The number of rotatable bonds is 5. The molecule has 1 aromatic heterocycles. The van der Waals surface area contributed by atoms with Crippen molar-refractivity contribution in [3.63, 3.8) is 0 Å². The molecule has 0 atom stereocenters. The Labute approximate surface area is 155 Å². The fourth-order valence-electron chi connectivity index (χ4n) is 2.42. The predicted octanol–water partition coefficient (Wildman–Crippen LogP) is 3.27. The van der Waals surface area contributed by atoms with Crippen molar-refractivity contribution in [3.05, 3.63) is 65.3 Å². The molecule has 7 heteroatoms. The Balaban J connectivity index is 1.64. The van der Waals surface area contributed by atoms with Crippen LogP contribution in [0.3, 0.4) is 0 Å². The van der Waals surface area contributed by atoms with Crippen molar-refractivity contribution in [2.75, 3.05) is 19.0 Å². The number of ether oxygens (including phenoxy) is 1. The van der Waals surface area contributed by atoms with E-state index in [1.165, 1.54) is 0 Å². The molecule has 2 amide bonds. The van der Waals surface area contributed by atoms with Crippen molar-refractivity contribution in [1.82, 2.24) is 10.3 Å². The molecule has 3 rings (SSSR count). The van der Waals surface area contributed by atoms with Crippen LogP contribution in [0.2, 0.25) is 5.02 Å². The Kier molecular flexibility index (Phi) is 5.34. The molecule has 0 aliphatic carbocycles. The first-order chi connectivity index (χ1) is 12.6. The number of benzene rings is 2. The van der Waals surface area contributed by atoms with Crippen LogP contribution >= 0.6 is 11.6 Å². The monoisotopic (exact) mass is 369 g/mol. The molecule has 26 heavy (non-hydrogen) atoms. The topological polar surface area (TPSA) is 80.3 Å². The number of amides is 2. The van der Waals surface area contributed by atoms with Gasteiger partial charge in [0, 0.05) is 29.9 Å². The number of pyridine rings is 1. The summed E-state index contributed by atoms with van der Waals surface area (Å²) >= 11 is 6.14. The van der Waals surface area contributed by atoms with Crippen molar-refractivity contribution in [2.45, 2.75) is 0 Å². The fraction of sp³-hybridized carbons (Fsp3) is 0.105. The first kappa shape index (κ1) is 17.7. The van der Waals surface area contributed by atoms with E-state index >= 15 is 0 Å². The van der Waals surface area contributed by atoms with E-state index < -0.39 is 0 Å². The summed E-state index contributed by atoms with van der Waals surface area (Å²) < 4.78 is 5.59. The van der Waals surface area contributed by atoms with E-state index in [2.05, 4.69) is 15.6 Å². The molecule has 0 radical (unpaired) electrons. The number of hydrogen-bond acceptors (Lipinski definition) is 4. The third-order valence-corrected chi connectivity index (χ3v) is 4.03. The minimum Gasteiger partial charge on any atom is -0.481 e. The number of nitrogens with zero attached hydrogens (tertiary/aromatic N) is 1. The van der Waals surface area contributed by atoms with Crippen LogP contribution in [0.4, 0.5) is 5.69 Å². The number of hydrogen-bond donors (Lipinski definition) is 2. The Morgan fingerprint density at radius 3 is 2.62 bits per heavy atom. The van der Waals surface area contributed by atoms with Crippen molar-refractivity contribution in [3.8, 4) is 5.75 Å². The zero-order chi connectivity index (χ0) is 18.5. The van der Waals surface area contributed by atoms with Crippen molar-refractivity contribution in [1.29, 1.82) is 0 Å². The van der Waals surface area contributed by atoms with Crippen LogP contribution in [-0.4, -0.2) is 30.5 Å². The molecule has 0 unspecified atom stereocenters. The zero-order valence-electron chi connectivity index (χ0n) is 14.0. The van der Waals surface area contributed by atoms with Gasteiger partial charge >= 0.3 is 0 Å². The standard InChI is InChI=1S/C19H16ClN3O3/c1-21-19(25)12-4-6-13(7-5-12)23-17(24)11-26-16-9-8-15(20)14-3-2-10-22-18(14)16/h2-10H,11H2,1H3,(H,21,25)(H,23,24). The molecule has 3 aromatic rings. The van der Waals surface area contributed by atoms with Gasteiger partial charge in [-0.15, -0.1) is 0 Å². The molecule has 2 N–H and O–H groups in total. The second-order valence-electron chi connectivity index (χ2n) is 5.44. The third kappa shape index (κ3) is 3.92. The molecule has 1 heterocycles. The lowest BCUT2D eigenvalue weighted by Crippen LogP contribution is -2.21. The number of carbonyl (C=O) groups is 2. The molecule has 2 aromatic carbocycles. The summed E-state index contributed by atoms with van der Waals surface area (Å²) in [5.41, 5.74) is 1.69. The summed E-state index contributed by atoms with van der Waals surface area (Å²) in [6.07, 6.45) is 1.64. The van der Waals surface area contributed by atoms with E-state index in [4.69, 9.17) is 16.3 Å². The maximum atomic E-state index is 12.1. The number of halogens is 1. The maximum Gasteiger partial charge on any atom is 0.262 e. The zero-order valence-corrected chi connectivity index (χ0v) is 14.7. The highest BCUT2D eigenvalue weighted by Gasteiger charge is 2.10. The second-order valence-corrected chi connectivity index (χ2v) is 5.85. The van der Waals surface area contributed by atoms with E-state index in [-0.39, 0.29) is 18.4 Å². The van der Waals surface area contributed by atoms with Gasteiger partial charge in [0.1, 0.15) is 11.3 Å². The first-order valence-corrected chi connectivity index (χ1v) is 8.24. The van der Waals surface area contributed by atoms with Crippen LogP contribution in [0, 0.1) is 0 Å². The average molecular weight is 370 g/mol. The first-order valence-electron chi connectivity index (χ1n) is 7.86. The van der Waals surface area contributed by atoms with Crippen molar-refractivity contribution < 1.29 is 14.3 Å². The van der Waals surface area contributed by atoms with Crippen LogP contribution in [0.25, 0.3) is 10.9 Å². The normalized spacial score (nSPS) is 10.4. The Morgan fingerprint density at radius 1 is 1.12 bits per heavy atom. The Morgan fingerprint density at radius 2 is 1.88 bits per heavy atom. The van der Waals surface area contributed by atoms with Gasteiger partial charge in [-0.2, -0.15) is 0 Å². The number of fused-ring (bicyclic) bond motifs is 1.